The van der Waals surface area contributed by atoms with Crippen molar-refractivity contribution in [2.75, 3.05) is 31.5 Å². The van der Waals surface area contributed by atoms with Gasteiger partial charge in [-0.05, 0) is 31.4 Å². The van der Waals surface area contributed by atoms with E-state index >= 15 is 0 Å². The second-order valence-corrected chi connectivity index (χ2v) is 8.45. The van der Waals surface area contributed by atoms with E-state index in [1.807, 2.05) is 42.8 Å². The first-order valence-electron chi connectivity index (χ1n) is 10.7. The largest absolute Gasteiger partial charge is 0.389 e. The third kappa shape index (κ3) is 5.21. The monoisotopic (exact) mass is 422 g/mol. The second kappa shape index (κ2) is 9.03. The lowest BCUT2D eigenvalue weighted by Gasteiger charge is -2.38. The van der Waals surface area contributed by atoms with Gasteiger partial charge in [-0.3, -0.25) is 0 Å². The number of aromatic nitrogens is 3. The number of anilines is 1. The van der Waals surface area contributed by atoms with Gasteiger partial charge in [0.1, 0.15) is 5.52 Å². The fourth-order valence-electron chi connectivity index (χ4n) is 4.16. The fraction of sp³-hybridized carbons (Fsp3) is 0.435. The molecule has 0 unspecified atom stereocenters. The van der Waals surface area contributed by atoms with E-state index in [2.05, 4.69) is 37.6 Å². The molecule has 1 aliphatic rings. The summed E-state index contributed by atoms with van der Waals surface area (Å²) in [5.41, 5.74) is 3.43. The predicted octanol–water partition coefficient (Wildman–Crippen LogP) is 2.47. The standard InChI is InChI=1S/C23H30N6O2/c1-17-14-19(20-21(26-17)28(2)16-25-20)27-22(30)24-10-13-29-11-8-23(31,9-12-29)15-18-6-4-3-5-7-18/h3-7,14,16,31H,8-13,15H2,1-2H3,(H2,24,26,27,30). The number of pyridine rings is 1. The number of amides is 2. The van der Waals surface area contributed by atoms with Crippen LogP contribution in [0.3, 0.4) is 0 Å². The molecule has 4 rings (SSSR count). The summed E-state index contributed by atoms with van der Waals surface area (Å²) in [7, 11) is 1.88. The number of fused-ring (bicyclic) bond motifs is 1. The lowest BCUT2D eigenvalue weighted by atomic mass is 9.85. The highest BCUT2D eigenvalue weighted by Gasteiger charge is 2.32. The number of urea groups is 1. The van der Waals surface area contributed by atoms with Crippen LogP contribution in [0, 0.1) is 6.92 Å². The molecular formula is C23H30N6O2. The summed E-state index contributed by atoms with van der Waals surface area (Å²) in [4.78, 5) is 23.5. The first-order chi connectivity index (χ1) is 14.9. The second-order valence-electron chi connectivity index (χ2n) is 8.45. The predicted molar refractivity (Wildman–Crippen MR) is 121 cm³/mol. The van der Waals surface area contributed by atoms with E-state index in [1.54, 1.807) is 6.33 Å². The number of aryl methyl sites for hydroxylation is 2. The Bertz CT molecular complexity index is 1040. The summed E-state index contributed by atoms with van der Waals surface area (Å²) < 4.78 is 1.83. The Hall–Kier alpha value is -2.97. The van der Waals surface area contributed by atoms with Crippen LogP contribution in [0.5, 0.6) is 0 Å². The minimum absolute atomic E-state index is 0.254. The molecule has 0 saturated carbocycles. The summed E-state index contributed by atoms with van der Waals surface area (Å²) in [6.07, 6.45) is 3.86. The third-order valence-corrected chi connectivity index (χ3v) is 5.92. The molecule has 0 spiro atoms. The van der Waals surface area contributed by atoms with Crippen molar-refractivity contribution in [1.82, 2.24) is 24.8 Å². The summed E-state index contributed by atoms with van der Waals surface area (Å²) in [5, 5.41) is 16.7. The first kappa shape index (κ1) is 21.3. The van der Waals surface area contributed by atoms with Crippen LogP contribution < -0.4 is 10.6 Å². The van der Waals surface area contributed by atoms with Crippen LogP contribution >= 0.6 is 0 Å². The number of likely N-dealkylation sites (tertiary alicyclic amines) is 1. The SMILES string of the molecule is Cc1cc(NC(=O)NCCN2CCC(O)(Cc3ccccc3)CC2)c2ncn(C)c2n1. The summed E-state index contributed by atoms with van der Waals surface area (Å²) in [6.45, 7) is 4.84. The highest BCUT2D eigenvalue weighted by molar-refractivity contribution is 5.97. The Morgan fingerprint density at radius 1 is 1.23 bits per heavy atom. The topological polar surface area (TPSA) is 95.3 Å². The van der Waals surface area contributed by atoms with Crippen LogP contribution in [0.25, 0.3) is 11.2 Å². The van der Waals surface area contributed by atoms with Gasteiger partial charge in [-0.1, -0.05) is 30.3 Å². The molecule has 8 nitrogen and oxygen atoms in total. The molecular weight excluding hydrogens is 392 g/mol. The van der Waals surface area contributed by atoms with E-state index in [4.69, 9.17) is 0 Å². The van der Waals surface area contributed by atoms with Gasteiger partial charge < -0.3 is 25.2 Å². The van der Waals surface area contributed by atoms with E-state index in [1.165, 1.54) is 5.56 Å². The molecule has 2 aromatic heterocycles. The van der Waals surface area contributed by atoms with E-state index in [9.17, 15) is 9.90 Å². The molecule has 3 heterocycles. The van der Waals surface area contributed by atoms with Crippen molar-refractivity contribution in [3.63, 3.8) is 0 Å². The molecule has 31 heavy (non-hydrogen) atoms. The smallest absolute Gasteiger partial charge is 0.319 e. The van der Waals surface area contributed by atoms with Gasteiger partial charge in [0.05, 0.1) is 17.6 Å². The Kier molecular flexibility index (Phi) is 6.20. The van der Waals surface area contributed by atoms with Gasteiger partial charge in [-0.25, -0.2) is 14.8 Å². The van der Waals surface area contributed by atoms with Crippen LogP contribution in [0.1, 0.15) is 24.1 Å². The normalized spacial score (nSPS) is 16.4. The van der Waals surface area contributed by atoms with Gasteiger partial charge in [0.2, 0.25) is 0 Å². The van der Waals surface area contributed by atoms with Crippen LogP contribution in [0.15, 0.2) is 42.7 Å². The molecule has 0 bridgehead atoms. The Balaban J connectivity index is 1.23. The number of nitrogens with one attached hydrogen (secondary N) is 2. The average molecular weight is 423 g/mol. The minimum atomic E-state index is -0.643. The zero-order valence-corrected chi connectivity index (χ0v) is 18.1. The number of benzene rings is 1. The molecule has 1 aromatic carbocycles. The molecule has 1 saturated heterocycles. The number of carbonyl (C=O) groups excluding carboxylic acids is 1. The summed E-state index contributed by atoms with van der Waals surface area (Å²) in [6, 6.07) is 11.7. The molecule has 0 radical (unpaired) electrons. The first-order valence-corrected chi connectivity index (χ1v) is 10.7. The van der Waals surface area contributed by atoms with Crippen molar-refractivity contribution in [3.05, 3.63) is 54.0 Å². The van der Waals surface area contributed by atoms with Gasteiger partial charge in [-0.2, -0.15) is 0 Å². The van der Waals surface area contributed by atoms with Crippen LogP contribution in [-0.4, -0.2) is 62.4 Å². The van der Waals surface area contributed by atoms with Gasteiger partial charge in [0, 0.05) is 45.3 Å². The summed E-state index contributed by atoms with van der Waals surface area (Å²) >= 11 is 0. The number of rotatable bonds is 6. The van der Waals surface area contributed by atoms with Crippen LogP contribution in [0.4, 0.5) is 10.5 Å². The highest BCUT2D eigenvalue weighted by atomic mass is 16.3. The number of hydrogen-bond donors (Lipinski definition) is 3. The minimum Gasteiger partial charge on any atom is -0.389 e. The average Bonchev–Trinajstić information content (AvgIpc) is 3.11. The van der Waals surface area contributed by atoms with Gasteiger partial charge in [0.15, 0.2) is 5.65 Å². The molecule has 0 atom stereocenters. The molecule has 1 fully saturated rings. The molecule has 8 heteroatoms. The van der Waals surface area contributed by atoms with E-state index < -0.39 is 5.60 Å². The van der Waals surface area contributed by atoms with Crippen molar-refractivity contribution in [2.45, 2.75) is 31.8 Å². The number of nitrogens with zero attached hydrogens (tertiary/aromatic N) is 4. The molecule has 0 aliphatic carbocycles. The van der Waals surface area contributed by atoms with Crippen molar-refractivity contribution < 1.29 is 9.90 Å². The van der Waals surface area contributed by atoms with Crippen LogP contribution in [-0.2, 0) is 13.5 Å². The van der Waals surface area contributed by atoms with Crippen molar-refractivity contribution in [3.8, 4) is 0 Å². The Morgan fingerprint density at radius 3 is 2.71 bits per heavy atom. The highest BCUT2D eigenvalue weighted by Crippen LogP contribution is 2.26. The van der Waals surface area contributed by atoms with Crippen molar-refractivity contribution in [2.24, 2.45) is 7.05 Å². The number of hydrogen-bond acceptors (Lipinski definition) is 5. The molecule has 3 N–H and O–H groups in total. The van der Waals surface area contributed by atoms with Crippen molar-refractivity contribution >= 4 is 22.9 Å². The maximum absolute atomic E-state index is 12.4. The van der Waals surface area contributed by atoms with Crippen molar-refractivity contribution in [1.29, 1.82) is 0 Å². The number of piperidine rings is 1. The zero-order chi connectivity index (χ0) is 21.8. The third-order valence-electron chi connectivity index (χ3n) is 5.92. The lowest BCUT2D eigenvalue weighted by molar-refractivity contribution is -0.0201. The van der Waals surface area contributed by atoms with Gasteiger partial charge in [-0.15, -0.1) is 0 Å². The van der Waals surface area contributed by atoms with E-state index in [0.717, 1.165) is 43.8 Å². The molecule has 3 aromatic rings. The number of imidazole rings is 1. The van der Waals surface area contributed by atoms with E-state index in [-0.39, 0.29) is 6.03 Å². The quantitative estimate of drug-likeness (QED) is 0.567. The number of aliphatic hydroxyl groups is 1. The number of carbonyl (C=O) groups is 1. The Labute approximate surface area is 182 Å². The van der Waals surface area contributed by atoms with Crippen LogP contribution in [0.2, 0.25) is 0 Å². The summed E-state index contributed by atoms with van der Waals surface area (Å²) in [5.74, 6) is 0. The van der Waals surface area contributed by atoms with Gasteiger partial charge in [0.25, 0.3) is 0 Å². The zero-order valence-electron chi connectivity index (χ0n) is 18.1. The Morgan fingerprint density at radius 2 is 1.97 bits per heavy atom. The maximum Gasteiger partial charge on any atom is 0.319 e. The fourth-order valence-corrected chi connectivity index (χ4v) is 4.16. The maximum atomic E-state index is 12.4. The van der Waals surface area contributed by atoms with Gasteiger partial charge >= 0.3 is 6.03 Å². The lowest BCUT2D eigenvalue weighted by Crippen LogP contribution is -2.47. The molecule has 1 aliphatic heterocycles. The molecule has 164 valence electrons. The van der Waals surface area contributed by atoms with E-state index in [0.29, 0.717) is 24.2 Å². The molecule has 2 amide bonds.